The van der Waals surface area contributed by atoms with Gasteiger partial charge in [0, 0.05) is 0 Å². The van der Waals surface area contributed by atoms with Gasteiger partial charge in [-0.05, 0) is 50.7 Å². The maximum Gasteiger partial charge on any atom is -0.00187 e. The predicted molar refractivity (Wildman–Crippen MR) is 250 cm³/mol. The predicted octanol–water partition coefficient (Wildman–Crippen LogP) is 19.4. The van der Waals surface area contributed by atoms with E-state index in [4.69, 9.17) is 0 Å². The number of hydrogen-bond acceptors (Lipinski definition) is 1. The van der Waals surface area contributed by atoms with Crippen molar-refractivity contribution in [3.8, 4) is 0 Å². The smallest absolute Gasteiger partial charge is 0.00187 e. The van der Waals surface area contributed by atoms with Crippen LogP contribution in [0.2, 0.25) is 0 Å². The van der Waals surface area contributed by atoms with Crippen molar-refractivity contribution in [1.29, 1.82) is 0 Å². The summed E-state index contributed by atoms with van der Waals surface area (Å²) < 4.78 is 0. The summed E-state index contributed by atoms with van der Waals surface area (Å²) >= 11 is 0. The topological polar surface area (TPSA) is 3.24 Å². The molecule has 0 N–H and O–H groups in total. The van der Waals surface area contributed by atoms with Gasteiger partial charge >= 0.3 is 0 Å². The van der Waals surface area contributed by atoms with Crippen molar-refractivity contribution in [1.82, 2.24) is 4.90 Å². The lowest BCUT2D eigenvalue weighted by Gasteiger charge is -2.22. The highest BCUT2D eigenvalue weighted by Crippen LogP contribution is 2.18. The summed E-state index contributed by atoms with van der Waals surface area (Å²) in [6, 6.07) is 0. The molecule has 326 valence electrons. The van der Waals surface area contributed by atoms with Crippen LogP contribution in [0.25, 0.3) is 0 Å². The highest BCUT2D eigenvalue weighted by molar-refractivity contribution is 4.61. The minimum Gasteiger partial charge on any atom is -0.303 e. The van der Waals surface area contributed by atoms with Crippen molar-refractivity contribution in [3.63, 3.8) is 0 Å². The van der Waals surface area contributed by atoms with E-state index in [0.717, 1.165) is 11.8 Å². The molecule has 0 fully saturated rings. The molecule has 0 atom stereocenters. The van der Waals surface area contributed by atoms with E-state index in [0.29, 0.717) is 0 Å². The van der Waals surface area contributed by atoms with Gasteiger partial charge in [0.15, 0.2) is 0 Å². The van der Waals surface area contributed by atoms with Crippen molar-refractivity contribution in [2.45, 2.75) is 311 Å². The molecule has 0 unspecified atom stereocenters. The summed E-state index contributed by atoms with van der Waals surface area (Å²) in [6.07, 6.45) is 63.1. The second-order valence-electron chi connectivity index (χ2n) is 19.3. The second kappa shape index (κ2) is 47.3. The summed E-state index contributed by atoms with van der Waals surface area (Å²) in [5.74, 6) is 1.78. The Balaban J connectivity index is 3.96. The molecule has 0 saturated carbocycles. The molecule has 1 heteroatoms. The van der Waals surface area contributed by atoms with Gasteiger partial charge in [0.25, 0.3) is 0 Å². The Kier molecular flexibility index (Phi) is 47.3. The third-order valence-corrected chi connectivity index (χ3v) is 12.6. The Labute approximate surface area is 345 Å². The molecule has 0 amide bonds. The fourth-order valence-corrected chi connectivity index (χ4v) is 8.71. The maximum absolute atomic E-state index is 2.88. The number of hydrogen-bond donors (Lipinski definition) is 0. The van der Waals surface area contributed by atoms with Gasteiger partial charge in [-0.15, -0.1) is 0 Å². The minimum atomic E-state index is 0.890. The lowest BCUT2D eigenvalue weighted by Crippen LogP contribution is -2.27. The van der Waals surface area contributed by atoms with E-state index in [2.05, 4.69) is 39.5 Å². The van der Waals surface area contributed by atoms with E-state index in [-0.39, 0.29) is 0 Å². The van der Waals surface area contributed by atoms with E-state index >= 15 is 0 Å². The Morgan fingerprint density at radius 1 is 0.222 bits per heavy atom. The quantitative estimate of drug-likeness (QED) is 0.0559. The van der Waals surface area contributed by atoms with Gasteiger partial charge in [0.2, 0.25) is 0 Å². The van der Waals surface area contributed by atoms with Crippen LogP contribution < -0.4 is 0 Å². The highest BCUT2D eigenvalue weighted by atomic mass is 15.1. The van der Waals surface area contributed by atoms with E-state index in [1.807, 2.05) is 0 Å². The van der Waals surface area contributed by atoms with Crippen LogP contribution in [0.5, 0.6) is 0 Å². The normalized spacial score (nSPS) is 12.0. The van der Waals surface area contributed by atoms with Crippen LogP contribution >= 0.6 is 0 Å². The molecular weight excluding hydrogens is 651 g/mol. The van der Waals surface area contributed by atoms with Crippen molar-refractivity contribution >= 4 is 0 Å². The lowest BCUT2D eigenvalue weighted by atomic mass is 10.0. The molecule has 0 saturated heterocycles. The Hall–Kier alpha value is -0.0400. The number of rotatable bonds is 48. The Bertz CT molecular complexity index is 601. The first-order chi connectivity index (χ1) is 26.6. The first-order valence-electron chi connectivity index (χ1n) is 26.3. The van der Waals surface area contributed by atoms with Crippen LogP contribution in [0.1, 0.15) is 311 Å². The van der Waals surface area contributed by atoms with E-state index < -0.39 is 0 Å². The molecule has 0 aromatic rings. The van der Waals surface area contributed by atoms with Crippen LogP contribution in [0.4, 0.5) is 0 Å². The van der Waals surface area contributed by atoms with Crippen LogP contribution in [0.3, 0.4) is 0 Å². The van der Waals surface area contributed by atoms with Crippen LogP contribution in [0.15, 0.2) is 0 Å². The maximum atomic E-state index is 2.88. The molecule has 0 aliphatic heterocycles. The van der Waals surface area contributed by atoms with Crippen molar-refractivity contribution < 1.29 is 0 Å². The molecular formula is C53H109N. The molecule has 54 heavy (non-hydrogen) atoms. The third kappa shape index (κ3) is 48.1. The van der Waals surface area contributed by atoms with Crippen LogP contribution in [-0.4, -0.2) is 24.5 Å². The molecule has 0 bridgehead atoms. The summed E-state index contributed by atoms with van der Waals surface area (Å²) in [5, 5.41) is 0. The van der Waals surface area contributed by atoms with Crippen LogP contribution in [0, 0.1) is 11.8 Å². The second-order valence-corrected chi connectivity index (χ2v) is 19.3. The standard InChI is InChI=1S/C53H109N/c1-6-7-8-9-10-11-12-13-14-19-24-29-34-39-44-49-54(50-45-40-35-30-25-20-15-17-22-27-32-37-42-47-52(2)3)51-46-41-36-31-26-21-16-18-23-28-33-38-43-48-53(4)5/h52-53H,6-51H2,1-5H3. The van der Waals surface area contributed by atoms with Gasteiger partial charge in [-0.25, -0.2) is 0 Å². The Morgan fingerprint density at radius 2 is 0.389 bits per heavy atom. The summed E-state index contributed by atoms with van der Waals surface area (Å²) in [5.41, 5.74) is 0. The Morgan fingerprint density at radius 3 is 0.574 bits per heavy atom. The van der Waals surface area contributed by atoms with Gasteiger partial charge in [0.05, 0.1) is 0 Å². The summed E-state index contributed by atoms with van der Waals surface area (Å²) in [6.45, 7) is 15.9. The largest absolute Gasteiger partial charge is 0.303 e. The van der Waals surface area contributed by atoms with Gasteiger partial charge < -0.3 is 4.90 Å². The summed E-state index contributed by atoms with van der Waals surface area (Å²) in [7, 11) is 0. The molecule has 0 aromatic carbocycles. The molecule has 0 radical (unpaired) electrons. The molecule has 0 spiro atoms. The summed E-state index contributed by atoms with van der Waals surface area (Å²) in [4.78, 5) is 2.88. The highest BCUT2D eigenvalue weighted by Gasteiger charge is 2.06. The minimum absolute atomic E-state index is 0.890. The molecule has 0 aliphatic carbocycles. The first-order valence-corrected chi connectivity index (χ1v) is 26.3. The van der Waals surface area contributed by atoms with Gasteiger partial charge in [0.1, 0.15) is 0 Å². The first kappa shape index (κ1) is 54.0. The van der Waals surface area contributed by atoms with Gasteiger partial charge in [-0.2, -0.15) is 0 Å². The van der Waals surface area contributed by atoms with Gasteiger partial charge in [-0.3, -0.25) is 0 Å². The SMILES string of the molecule is CCCCCCCCCCCCCCCCCN(CCCCCCCCCCCCCCCC(C)C)CCCCCCCCCCCCCCCC(C)C. The zero-order chi connectivity index (χ0) is 39.3. The van der Waals surface area contributed by atoms with Crippen LogP contribution in [-0.2, 0) is 0 Å². The van der Waals surface area contributed by atoms with E-state index in [1.54, 1.807) is 0 Å². The van der Waals surface area contributed by atoms with Crippen molar-refractivity contribution in [2.24, 2.45) is 11.8 Å². The third-order valence-electron chi connectivity index (χ3n) is 12.6. The number of nitrogens with zero attached hydrogens (tertiary/aromatic N) is 1. The fourth-order valence-electron chi connectivity index (χ4n) is 8.71. The monoisotopic (exact) mass is 760 g/mol. The van der Waals surface area contributed by atoms with Gasteiger partial charge in [-0.1, -0.05) is 291 Å². The molecule has 0 aromatic heterocycles. The zero-order valence-corrected chi connectivity index (χ0v) is 39.1. The van der Waals surface area contributed by atoms with Crippen molar-refractivity contribution in [3.05, 3.63) is 0 Å². The molecule has 0 rings (SSSR count). The average molecular weight is 760 g/mol. The van der Waals surface area contributed by atoms with E-state index in [9.17, 15) is 0 Å². The fraction of sp³-hybridized carbons (Fsp3) is 1.00. The molecule has 1 nitrogen and oxygen atoms in total. The van der Waals surface area contributed by atoms with E-state index in [1.165, 1.54) is 296 Å². The number of unbranched alkanes of at least 4 members (excludes halogenated alkanes) is 38. The molecule has 0 heterocycles. The zero-order valence-electron chi connectivity index (χ0n) is 39.1. The van der Waals surface area contributed by atoms with Crippen molar-refractivity contribution in [2.75, 3.05) is 19.6 Å². The lowest BCUT2D eigenvalue weighted by molar-refractivity contribution is 0.254. The molecule has 0 aliphatic rings. The average Bonchev–Trinajstić information content (AvgIpc) is 3.15.